The van der Waals surface area contributed by atoms with Crippen molar-refractivity contribution in [1.82, 2.24) is 5.32 Å². The quantitative estimate of drug-likeness (QED) is 0.175. The molecular formula is C35H51NO4. The number of carboxylic acid groups (broad SMARTS) is 2. The molecule has 6 atom stereocenters. The van der Waals surface area contributed by atoms with Crippen LogP contribution in [0.1, 0.15) is 107 Å². The molecule has 220 valence electrons. The Hall–Kier alpha value is -2.66. The zero-order valence-corrected chi connectivity index (χ0v) is 24.8. The van der Waals surface area contributed by atoms with E-state index in [0.29, 0.717) is 36.6 Å². The molecule has 3 N–H and O–H groups in total. The van der Waals surface area contributed by atoms with E-state index in [-0.39, 0.29) is 12.3 Å². The lowest BCUT2D eigenvalue weighted by molar-refractivity contribution is -0.148. The van der Waals surface area contributed by atoms with Crippen LogP contribution in [-0.4, -0.2) is 35.2 Å². The number of rotatable bonds is 18. The second-order valence-electron chi connectivity index (χ2n) is 12.5. The zero-order valence-electron chi connectivity index (χ0n) is 24.8. The molecule has 0 aliphatic heterocycles. The fourth-order valence-corrected chi connectivity index (χ4v) is 7.01. The molecule has 3 rings (SSSR count). The first kappa shape index (κ1) is 31.9. The van der Waals surface area contributed by atoms with Crippen molar-refractivity contribution in [3.63, 3.8) is 0 Å². The molecule has 40 heavy (non-hydrogen) atoms. The molecule has 0 radical (unpaired) electrons. The topological polar surface area (TPSA) is 86.6 Å². The first-order valence-electron chi connectivity index (χ1n) is 15.5. The van der Waals surface area contributed by atoms with E-state index in [0.717, 1.165) is 18.8 Å². The average molecular weight is 550 g/mol. The van der Waals surface area contributed by atoms with Crippen LogP contribution in [0.15, 0.2) is 60.7 Å². The highest BCUT2D eigenvalue weighted by Crippen LogP contribution is 2.45. The van der Waals surface area contributed by atoms with Crippen LogP contribution in [-0.2, 0) is 9.59 Å². The van der Waals surface area contributed by atoms with E-state index in [4.69, 9.17) is 0 Å². The van der Waals surface area contributed by atoms with Crippen molar-refractivity contribution in [2.24, 2.45) is 23.7 Å². The van der Waals surface area contributed by atoms with Crippen molar-refractivity contribution < 1.29 is 19.8 Å². The van der Waals surface area contributed by atoms with Gasteiger partial charge in [0.25, 0.3) is 0 Å². The molecule has 6 unspecified atom stereocenters. The molecule has 2 aromatic carbocycles. The molecular weight excluding hydrogens is 498 g/mol. The Kier molecular flexibility index (Phi) is 13.2. The first-order valence-corrected chi connectivity index (χ1v) is 15.5. The summed E-state index contributed by atoms with van der Waals surface area (Å²) in [5, 5.41) is 22.4. The monoisotopic (exact) mass is 549 g/mol. The van der Waals surface area contributed by atoms with Gasteiger partial charge in [-0.2, -0.15) is 0 Å². The van der Waals surface area contributed by atoms with Crippen LogP contribution < -0.4 is 5.32 Å². The summed E-state index contributed by atoms with van der Waals surface area (Å²) in [6, 6.07) is 21.9. The lowest BCUT2D eigenvalue weighted by Crippen LogP contribution is -2.27. The molecule has 0 aromatic heterocycles. The van der Waals surface area contributed by atoms with E-state index in [1.165, 1.54) is 49.7 Å². The van der Waals surface area contributed by atoms with E-state index in [1.807, 2.05) is 18.2 Å². The van der Waals surface area contributed by atoms with Crippen molar-refractivity contribution in [3.8, 4) is 0 Å². The first-order chi connectivity index (χ1) is 19.3. The summed E-state index contributed by atoms with van der Waals surface area (Å²) in [7, 11) is 2.10. The molecule has 5 nitrogen and oxygen atoms in total. The van der Waals surface area contributed by atoms with Crippen LogP contribution >= 0.6 is 0 Å². The number of carbonyl (C=O) groups is 2. The normalized spacial score (nSPS) is 20.2. The molecule has 0 saturated heterocycles. The number of carboxylic acids is 2. The van der Waals surface area contributed by atoms with Crippen molar-refractivity contribution >= 4 is 11.9 Å². The van der Waals surface area contributed by atoms with E-state index in [2.05, 4.69) is 68.7 Å². The molecule has 1 saturated carbocycles. The minimum Gasteiger partial charge on any atom is -0.481 e. The number of nitrogens with one attached hydrogen (secondary N) is 1. The maximum absolute atomic E-state index is 11.7. The smallest absolute Gasteiger partial charge is 0.307 e. The van der Waals surface area contributed by atoms with E-state index >= 15 is 0 Å². The largest absolute Gasteiger partial charge is 0.481 e. The SMILES string of the molecule is CNC(CCC1CCC(C(CCC(CCC(CC(=O)O)C(=O)O)c2ccccc2)c2ccccc2)C1)CC(C)C. The Balaban J connectivity index is 1.69. The van der Waals surface area contributed by atoms with E-state index in [9.17, 15) is 19.8 Å². The summed E-state index contributed by atoms with van der Waals surface area (Å²) in [5.41, 5.74) is 2.64. The summed E-state index contributed by atoms with van der Waals surface area (Å²) < 4.78 is 0. The molecule has 0 amide bonds. The van der Waals surface area contributed by atoms with E-state index in [1.54, 1.807) is 0 Å². The van der Waals surface area contributed by atoms with Crippen LogP contribution in [0.5, 0.6) is 0 Å². The number of benzene rings is 2. The third kappa shape index (κ3) is 10.4. The van der Waals surface area contributed by atoms with Gasteiger partial charge in [0.15, 0.2) is 0 Å². The third-order valence-corrected chi connectivity index (χ3v) is 9.20. The number of hydrogen-bond donors (Lipinski definition) is 3. The highest BCUT2D eigenvalue weighted by Gasteiger charge is 2.32. The van der Waals surface area contributed by atoms with Crippen molar-refractivity contribution in [1.29, 1.82) is 0 Å². The van der Waals surface area contributed by atoms with Crippen LogP contribution in [0.25, 0.3) is 0 Å². The average Bonchev–Trinajstić information content (AvgIpc) is 3.41. The maximum Gasteiger partial charge on any atom is 0.307 e. The van der Waals surface area contributed by atoms with Gasteiger partial charge in [-0.3, -0.25) is 9.59 Å². The van der Waals surface area contributed by atoms with Gasteiger partial charge >= 0.3 is 11.9 Å². The fourth-order valence-electron chi connectivity index (χ4n) is 7.01. The zero-order chi connectivity index (χ0) is 28.9. The Bertz CT molecular complexity index is 1010. The lowest BCUT2D eigenvalue weighted by atomic mass is 9.77. The van der Waals surface area contributed by atoms with Crippen LogP contribution in [0.4, 0.5) is 0 Å². The van der Waals surface area contributed by atoms with Gasteiger partial charge in [0.05, 0.1) is 12.3 Å². The Morgan fingerprint density at radius 2 is 1.48 bits per heavy atom. The minimum absolute atomic E-state index is 0.215. The fraction of sp³-hybridized carbons (Fsp3) is 0.600. The van der Waals surface area contributed by atoms with Gasteiger partial charge in [-0.05, 0) is 106 Å². The highest BCUT2D eigenvalue weighted by atomic mass is 16.4. The van der Waals surface area contributed by atoms with Crippen molar-refractivity contribution in [2.45, 2.75) is 102 Å². The van der Waals surface area contributed by atoms with Crippen LogP contribution in [0.3, 0.4) is 0 Å². The summed E-state index contributed by atoms with van der Waals surface area (Å²) in [6.45, 7) is 4.61. The molecule has 5 heteroatoms. The summed E-state index contributed by atoms with van der Waals surface area (Å²) >= 11 is 0. The summed E-state index contributed by atoms with van der Waals surface area (Å²) in [4.78, 5) is 23.0. The molecule has 0 heterocycles. The number of hydrogen-bond acceptors (Lipinski definition) is 3. The van der Waals surface area contributed by atoms with Gasteiger partial charge < -0.3 is 15.5 Å². The molecule has 2 aromatic rings. The van der Waals surface area contributed by atoms with Gasteiger partial charge in [-0.25, -0.2) is 0 Å². The molecule has 1 aliphatic carbocycles. The standard InChI is InChI=1S/C35H51NO4/c1-25(2)22-32(36-3)20-15-26-14-16-30(23-26)33(29-12-8-5-9-13-29)21-19-28(27-10-6-4-7-11-27)17-18-31(35(39)40)24-34(37)38/h4-13,25-26,28,30-33,36H,14-24H2,1-3H3,(H,37,38)(H,39,40). The second kappa shape index (κ2) is 16.6. The highest BCUT2D eigenvalue weighted by molar-refractivity contribution is 5.77. The van der Waals surface area contributed by atoms with Gasteiger partial charge in [-0.15, -0.1) is 0 Å². The maximum atomic E-state index is 11.7. The van der Waals surface area contributed by atoms with Crippen molar-refractivity contribution in [3.05, 3.63) is 71.8 Å². The van der Waals surface area contributed by atoms with Gasteiger partial charge in [0.2, 0.25) is 0 Å². The Morgan fingerprint density at radius 1 is 0.850 bits per heavy atom. The van der Waals surface area contributed by atoms with Gasteiger partial charge in [-0.1, -0.05) is 80.9 Å². The lowest BCUT2D eigenvalue weighted by Gasteiger charge is -2.28. The number of aliphatic carboxylic acids is 2. The van der Waals surface area contributed by atoms with Gasteiger partial charge in [0.1, 0.15) is 0 Å². The van der Waals surface area contributed by atoms with Gasteiger partial charge in [0, 0.05) is 6.04 Å². The molecule has 1 aliphatic rings. The summed E-state index contributed by atoms with van der Waals surface area (Å²) in [5.74, 6) is -0.0338. The second-order valence-corrected chi connectivity index (χ2v) is 12.5. The predicted octanol–water partition coefficient (Wildman–Crippen LogP) is 8.12. The van der Waals surface area contributed by atoms with E-state index < -0.39 is 17.9 Å². The van der Waals surface area contributed by atoms with Crippen LogP contribution in [0.2, 0.25) is 0 Å². The molecule has 0 spiro atoms. The molecule has 1 fully saturated rings. The Morgan fingerprint density at radius 3 is 2.05 bits per heavy atom. The predicted molar refractivity (Wildman–Crippen MR) is 163 cm³/mol. The Labute approximate surface area is 241 Å². The summed E-state index contributed by atoms with van der Waals surface area (Å²) in [6.07, 6.45) is 10.4. The third-order valence-electron chi connectivity index (χ3n) is 9.20. The van der Waals surface area contributed by atoms with Crippen molar-refractivity contribution in [2.75, 3.05) is 7.05 Å². The van der Waals surface area contributed by atoms with Crippen LogP contribution in [0, 0.1) is 23.7 Å². The minimum atomic E-state index is -1.05. The molecule has 0 bridgehead atoms.